The average molecular weight is 904 g/mol. The first-order valence-corrected chi connectivity index (χ1v) is 25.4. The van der Waals surface area contributed by atoms with Crippen molar-refractivity contribution in [3.63, 3.8) is 0 Å². The predicted octanol–water partition coefficient (Wildman–Crippen LogP) is 6.38. The Hall–Kier alpha value is -1.27. The number of hydrogen-bond donors (Lipinski definition) is 9. The van der Waals surface area contributed by atoms with E-state index in [0.29, 0.717) is 19.3 Å². The van der Waals surface area contributed by atoms with E-state index in [1.807, 2.05) is 0 Å². The van der Waals surface area contributed by atoms with Crippen LogP contribution in [0.3, 0.4) is 0 Å². The summed E-state index contributed by atoms with van der Waals surface area (Å²) in [6.07, 6.45) is 20.7. The molecular weight excluding hydrogens is 811 g/mol. The number of aliphatic hydroxyl groups excluding tert-OH is 8. The van der Waals surface area contributed by atoms with Crippen molar-refractivity contribution in [2.45, 2.75) is 274 Å². The minimum Gasteiger partial charge on any atom is -0.394 e. The molecule has 0 aromatic rings. The number of carbonyl (C=O) groups excluding carboxylic acids is 1. The van der Waals surface area contributed by atoms with Crippen LogP contribution in [0.15, 0.2) is 12.2 Å². The van der Waals surface area contributed by atoms with Gasteiger partial charge in [0.2, 0.25) is 5.91 Å². The third-order valence-corrected chi connectivity index (χ3v) is 12.7. The summed E-state index contributed by atoms with van der Waals surface area (Å²) in [6, 6.07) is -0.827. The van der Waals surface area contributed by atoms with E-state index in [4.69, 9.17) is 18.9 Å². The Morgan fingerprint density at radius 2 is 1.02 bits per heavy atom. The Balaban J connectivity index is 1.82. The molecule has 9 N–H and O–H groups in total. The van der Waals surface area contributed by atoms with Gasteiger partial charge in [-0.25, -0.2) is 0 Å². The van der Waals surface area contributed by atoms with Crippen molar-refractivity contribution in [1.29, 1.82) is 0 Å². The fourth-order valence-electron chi connectivity index (χ4n) is 8.51. The van der Waals surface area contributed by atoms with E-state index in [2.05, 4.69) is 31.3 Å². The zero-order chi connectivity index (χ0) is 46.1. The zero-order valence-corrected chi connectivity index (χ0v) is 39.3. The second kappa shape index (κ2) is 36.8. The number of hydrogen-bond acceptors (Lipinski definition) is 13. The molecule has 2 heterocycles. The van der Waals surface area contributed by atoms with Gasteiger partial charge in [0.15, 0.2) is 12.6 Å². The maximum absolute atomic E-state index is 13.1. The van der Waals surface area contributed by atoms with Crippen LogP contribution in [0.25, 0.3) is 0 Å². The minimum atomic E-state index is -1.78. The van der Waals surface area contributed by atoms with Crippen molar-refractivity contribution >= 4 is 5.91 Å². The zero-order valence-electron chi connectivity index (χ0n) is 39.3. The second-order valence-corrected chi connectivity index (χ2v) is 18.3. The number of aliphatic hydroxyl groups is 8. The molecule has 2 aliphatic heterocycles. The van der Waals surface area contributed by atoms with Crippen molar-refractivity contribution in [1.82, 2.24) is 5.32 Å². The first-order valence-electron chi connectivity index (χ1n) is 25.4. The van der Waals surface area contributed by atoms with Crippen LogP contribution < -0.4 is 5.32 Å². The van der Waals surface area contributed by atoms with E-state index < -0.39 is 86.8 Å². The molecule has 1 amide bonds. The highest BCUT2D eigenvalue weighted by Crippen LogP contribution is 2.30. The maximum Gasteiger partial charge on any atom is 0.220 e. The molecule has 12 atom stereocenters. The number of nitrogens with one attached hydrogen (secondary N) is 1. The first-order chi connectivity index (χ1) is 30.6. The number of amides is 1. The highest BCUT2D eigenvalue weighted by molar-refractivity contribution is 5.76. The van der Waals surface area contributed by atoms with Gasteiger partial charge in [-0.15, -0.1) is 0 Å². The van der Waals surface area contributed by atoms with Gasteiger partial charge >= 0.3 is 0 Å². The molecule has 63 heavy (non-hydrogen) atoms. The summed E-state index contributed by atoms with van der Waals surface area (Å²) < 4.78 is 22.7. The summed E-state index contributed by atoms with van der Waals surface area (Å²) in [4.78, 5) is 13.1. The molecule has 2 rings (SSSR count). The van der Waals surface area contributed by atoms with Crippen LogP contribution in [0, 0.1) is 0 Å². The second-order valence-electron chi connectivity index (χ2n) is 18.3. The number of unbranched alkanes of at least 4 members (excludes halogenated alkanes) is 24. The molecule has 14 nitrogen and oxygen atoms in total. The normalized spacial score (nSPS) is 27.5. The molecular formula is C49H93NO13. The van der Waals surface area contributed by atoms with E-state index >= 15 is 0 Å². The average Bonchev–Trinajstić information content (AvgIpc) is 3.28. The highest BCUT2D eigenvalue weighted by atomic mass is 16.7. The molecule has 0 aromatic carbocycles. The smallest absolute Gasteiger partial charge is 0.220 e. The van der Waals surface area contributed by atoms with Crippen LogP contribution in [0.1, 0.15) is 200 Å². The number of allylic oxidation sites excluding steroid dienone is 2. The number of carbonyl (C=O) groups is 1. The van der Waals surface area contributed by atoms with Crippen molar-refractivity contribution in [2.75, 3.05) is 19.8 Å². The summed E-state index contributed by atoms with van der Waals surface area (Å²) in [5, 5.41) is 86.8. The van der Waals surface area contributed by atoms with Crippen molar-refractivity contribution in [3.8, 4) is 0 Å². The molecule has 372 valence electrons. The van der Waals surface area contributed by atoms with E-state index in [9.17, 15) is 45.6 Å². The SMILES string of the molecule is CCCC/C=C\CCCCCCCC(=O)NC(COC1OC(CO)C(OC2OC(CO)C(O)C(O)C2O)C(O)C1O)C(O)CCCCCCCCCCCCCCCCCCCC. The lowest BCUT2D eigenvalue weighted by molar-refractivity contribution is -0.359. The van der Waals surface area contributed by atoms with Gasteiger partial charge in [-0.2, -0.15) is 0 Å². The highest BCUT2D eigenvalue weighted by Gasteiger charge is 2.51. The molecule has 0 radical (unpaired) electrons. The number of ether oxygens (including phenoxy) is 4. The van der Waals surface area contributed by atoms with E-state index in [1.54, 1.807) is 0 Å². The summed E-state index contributed by atoms with van der Waals surface area (Å²) in [5.41, 5.74) is 0. The van der Waals surface area contributed by atoms with Gasteiger partial charge in [0, 0.05) is 6.42 Å². The quantitative estimate of drug-likeness (QED) is 0.0241. The van der Waals surface area contributed by atoms with Crippen LogP contribution in [0.4, 0.5) is 0 Å². The summed E-state index contributed by atoms with van der Waals surface area (Å²) >= 11 is 0. The lowest BCUT2D eigenvalue weighted by atomic mass is 9.97. The molecule has 12 unspecified atom stereocenters. The molecule has 14 heteroatoms. The third kappa shape index (κ3) is 24.4. The van der Waals surface area contributed by atoms with Crippen LogP contribution in [0.2, 0.25) is 0 Å². The molecule has 0 aromatic heterocycles. The van der Waals surface area contributed by atoms with E-state index in [-0.39, 0.29) is 12.5 Å². The molecule has 2 saturated heterocycles. The molecule has 2 aliphatic rings. The van der Waals surface area contributed by atoms with Gasteiger partial charge in [0.1, 0.15) is 48.8 Å². The number of rotatable bonds is 39. The standard InChI is InChI=1S/C49H93NO13/c1-3-5-7-9-11-13-15-16-17-18-19-20-21-23-24-26-28-30-32-38(53)37(50-41(54)33-31-29-27-25-22-14-12-10-8-6-4-2)36-60-48-46(59)44(57)47(40(35-52)62-48)63-49-45(58)43(56)42(55)39(34-51)61-49/h10,12,37-40,42-49,51-53,55-59H,3-9,11,13-36H2,1-2H3,(H,50,54)/b12-10-. The van der Waals surface area contributed by atoms with Crippen molar-refractivity contribution in [3.05, 3.63) is 12.2 Å². The van der Waals surface area contributed by atoms with Gasteiger partial charge < -0.3 is 65.1 Å². The molecule has 0 spiro atoms. The van der Waals surface area contributed by atoms with Gasteiger partial charge in [0.05, 0.1) is 32.0 Å². The minimum absolute atomic E-state index is 0.217. The Labute approximate surface area is 380 Å². The fraction of sp³-hybridized carbons (Fsp3) is 0.939. The Kier molecular flexibility index (Phi) is 33.8. The maximum atomic E-state index is 13.1. The molecule has 0 bridgehead atoms. The Morgan fingerprint density at radius 3 is 1.56 bits per heavy atom. The topological polar surface area (TPSA) is 228 Å². The first kappa shape index (κ1) is 57.9. The summed E-state index contributed by atoms with van der Waals surface area (Å²) in [5.74, 6) is -0.217. The lowest BCUT2D eigenvalue weighted by Crippen LogP contribution is -2.65. The summed E-state index contributed by atoms with van der Waals surface area (Å²) in [7, 11) is 0. The van der Waals surface area contributed by atoms with Crippen LogP contribution in [-0.4, -0.2) is 140 Å². The van der Waals surface area contributed by atoms with Gasteiger partial charge in [-0.1, -0.05) is 174 Å². The third-order valence-electron chi connectivity index (χ3n) is 12.7. The van der Waals surface area contributed by atoms with Crippen molar-refractivity contribution in [2.24, 2.45) is 0 Å². The van der Waals surface area contributed by atoms with Crippen LogP contribution in [0.5, 0.6) is 0 Å². The largest absolute Gasteiger partial charge is 0.394 e. The van der Waals surface area contributed by atoms with E-state index in [1.165, 1.54) is 103 Å². The molecule has 0 aliphatic carbocycles. The predicted molar refractivity (Wildman–Crippen MR) is 245 cm³/mol. The molecule has 2 fully saturated rings. The van der Waals surface area contributed by atoms with Crippen LogP contribution >= 0.6 is 0 Å². The Bertz CT molecular complexity index is 1120. The van der Waals surface area contributed by atoms with Gasteiger partial charge in [0.25, 0.3) is 0 Å². The lowest BCUT2D eigenvalue weighted by Gasteiger charge is -2.46. The van der Waals surface area contributed by atoms with Gasteiger partial charge in [-0.3, -0.25) is 4.79 Å². The Morgan fingerprint density at radius 1 is 0.556 bits per heavy atom. The molecule has 0 saturated carbocycles. The van der Waals surface area contributed by atoms with Gasteiger partial charge in [-0.05, 0) is 32.1 Å². The van der Waals surface area contributed by atoms with E-state index in [0.717, 1.165) is 64.2 Å². The van der Waals surface area contributed by atoms with Crippen molar-refractivity contribution < 1.29 is 64.6 Å². The fourth-order valence-corrected chi connectivity index (χ4v) is 8.51. The monoisotopic (exact) mass is 904 g/mol. The van der Waals surface area contributed by atoms with Crippen LogP contribution in [-0.2, 0) is 23.7 Å². The summed E-state index contributed by atoms with van der Waals surface area (Å²) in [6.45, 7) is 2.81.